The summed E-state index contributed by atoms with van der Waals surface area (Å²) >= 11 is 0. The minimum Gasteiger partial charge on any atom is -0.497 e. The van der Waals surface area contributed by atoms with Gasteiger partial charge in [-0.2, -0.15) is 0 Å². The number of nitrogens with two attached hydrogens (primary N) is 1. The summed E-state index contributed by atoms with van der Waals surface area (Å²) in [6.45, 7) is 10.0. The molecule has 0 aromatic heterocycles. The van der Waals surface area contributed by atoms with Crippen LogP contribution >= 0.6 is 0 Å². The molecule has 1 saturated heterocycles. The van der Waals surface area contributed by atoms with E-state index in [-0.39, 0.29) is 6.04 Å². The van der Waals surface area contributed by atoms with E-state index in [2.05, 4.69) is 35.8 Å². The van der Waals surface area contributed by atoms with Crippen LogP contribution in [-0.4, -0.2) is 55.7 Å². The molecule has 0 amide bonds. The number of hydrogen-bond donors (Lipinski definition) is 1. The fraction of sp³-hybridized carbons (Fsp3) is 0.647. The van der Waals surface area contributed by atoms with E-state index in [4.69, 9.17) is 10.5 Å². The highest BCUT2D eigenvalue weighted by Gasteiger charge is 2.28. The van der Waals surface area contributed by atoms with Crippen LogP contribution in [0.15, 0.2) is 24.3 Å². The predicted molar refractivity (Wildman–Crippen MR) is 87.7 cm³/mol. The second-order valence-corrected chi connectivity index (χ2v) is 5.76. The predicted octanol–water partition coefficient (Wildman–Crippen LogP) is 2.11. The molecule has 1 aliphatic heterocycles. The third-order valence-electron chi connectivity index (χ3n) is 4.58. The zero-order chi connectivity index (χ0) is 15.2. The van der Waals surface area contributed by atoms with Crippen LogP contribution in [0.3, 0.4) is 0 Å². The quantitative estimate of drug-likeness (QED) is 0.871. The molecule has 2 rings (SSSR count). The van der Waals surface area contributed by atoms with Crippen molar-refractivity contribution in [1.82, 2.24) is 9.80 Å². The first kappa shape index (κ1) is 16.3. The van der Waals surface area contributed by atoms with Gasteiger partial charge < -0.3 is 15.4 Å². The monoisotopic (exact) mass is 291 g/mol. The van der Waals surface area contributed by atoms with Gasteiger partial charge in [-0.05, 0) is 30.7 Å². The molecular formula is C17H29N3O. The van der Waals surface area contributed by atoms with Crippen LogP contribution in [-0.2, 0) is 0 Å². The minimum atomic E-state index is 0.173. The molecule has 1 aromatic rings. The maximum atomic E-state index is 6.43. The topological polar surface area (TPSA) is 41.7 Å². The Labute approximate surface area is 128 Å². The summed E-state index contributed by atoms with van der Waals surface area (Å²) in [5.41, 5.74) is 7.73. The van der Waals surface area contributed by atoms with Gasteiger partial charge in [0.1, 0.15) is 5.75 Å². The number of ether oxygens (including phenoxy) is 1. The van der Waals surface area contributed by atoms with E-state index in [1.54, 1.807) is 7.11 Å². The fourth-order valence-corrected chi connectivity index (χ4v) is 3.11. The number of piperazine rings is 1. The first-order chi connectivity index (χ1) is 10.2. The molecule has 1 heterocycles. The standard InChI is InChI=1S/C17H29N3O/c1-4-16(18)17(14-6-8-15(21-3)9-7-14)20-12-10-19(5-2)11-13-20/h6-9,16-17H,4-5,10-13,18H2,1-3H3. The third-order valence-corrected chi connectivity index (χ3v) is 4.58. The summed E-state index contributed by atoms with van der Waals surface area (Å²) < 4.78 is 5.26. The van der Waals surface area contributed by atoms with Gasteiger partial charge in [0.2, 0.25) is 0 Å². The Bertz CT molecular complexity index is 413. The molecule has 2 unspecified atom stereocenters. The molecule has 2 atom stereocenters. The van der Waals surface area contributed by atoms with Gasteiger partial charge in [-0.1, -0.05) is 26.0 Å². The molecule has 0 saturated carbocycles. The first-order valence-electron chi connectivity index (χ1n) is 8.05. The highest BCUT2D eigenvalue weighted by Crippen LogP contribution is 2.27. The smallest absolute Gasteiger partial charge is 0.118 e. The molecule has 0 spiro atoms. The van der Waals surface area contributed by atoms with Crippen molar-refractivity contribution in [3.8, 4) is 5.75 Å². The average Bonchev–Trinajstić information content (AvgIpc) is 2.56. The van der Waals surface area contributed by atoms with E-state index in [1.165, 1.54) is 5.56 Å². The van der Waals surface area contributed by atoms with Crippen LogP contribution < -0.4 is 10.5 Å². The number of hydrogen-bond acceptors (Lipinski definition) is 4. The maximum absolute atomic E-state index is 6.43. The van der Waals surface area contributed by atoms with Crippen LogP contribution in [0.25, 0.3) is 0 Å². The van der Waals surface area contributed by atoms with Gasteiger partial charge >= 0.3 is 0 Å². The largest absolute Gasteiger partial charge is 0.497 e. The van der Waals surface area contributed by atoms with Gasteiger partial charge in [0.25, 0.3) is 0 Å². The van der Waals surface area contributed by atoms with E-state index < -0.39 is 0 Å². The van der Waals surface area contributed by atoms with E-state index in [0.29, 0.717) is 6.04 Å². The molecule has 0 bridgehead atoms. The van der Waals surface area contributed by atoms with Crippen LogP contribution in [0, 0.1) is 0 Å². The molecule has 4 nitrogen and oxygen atoms in total. The highest BCUT2D eigenvalue weighted by atomic mass is 16.5. The first-order valence-corrected chi connectivity index (χ1v) is 8.05. The van der Waals surface area contributed by atoms with Crippen LogP contribution in [0.2, 0.25) is 0 Å². The van der Waals surface area contributed by atoms with Gasteiger partial charge in [0.05, 0.1) is 7.11 Å². The molecule has 0 aliphatic carbocycles. The molecule has 0 radical (unpaired) electrons. The number of rotatable bonds is 6. The van der Waals surface area contributed by atoms with Crippen molar-refractivity contribution >= 4 is 0 Å². The van der Waals surface area contributed by atoms with Crippen molar-refractivity contribution in [2.45, 2.75) is 32.4 Å². The molecule has 21 heavy (non-hydrogen) atoms. The lowest BCUT2D eigenvalue weighted by molar-refractivity contribution is 0.0865. The maximum Gasteiger partial charge on any atom is 0.118 e. The fourth-order valence-electron chi connectivity index (χ4n) is 3.11. The van der Waals surface area contributed by atoms with E-state index >= 15 is 0 Å². The Morgan fingerprint density at radius 1 is 1.10 bits per heavy atom. The van der Waals surface area contributed by atoms with Gasteiger partial charge in [-0.25, -0.2) is 0 Å². The second kappa shape index (κ2) is 7.78. The zero-order valence-electron chi connectivity index (χ0n) is 13.6. The van der Waals surface area contributed by atoms with Crippen LogP contribution in [0.1, 0.15) is 31.9 Å². The van der Waals surface area contributed by atoms with Crippen LogP contribution in [0.5, 0.6) is 5.75 Å². The number of likely N-dealkylation sites (N-methyl/N-ethyl adjacent to an activating group) is 1. The summed E-state index contributed by atoms with van der Waals surface area (Å²) in [6.07, 6.45) is 0.991. The van der Waals surface area contributed by atoms with Gasteiger partial charge in [0.15, 0.2) is 0 Å². The summed E-state index contributed by atoms with van der Waals surface area (Å²) in [5, 5.41) is 0. The molecule has 118 valence electrons. The Morgan fingerprint density at radius 3 is 2.19 bits per heavy atom. The lowest BCUT2D eigenvalue weighted by Gasteiger charge is -2.41. The zero-order valence-corrected chi connectivity index (χ0v) is 13.6. The Kier molecular flexibility index (Phi) is 6.03. The van der Waals surface area contributed by atoms with Gasteiger partial charge in [0, 0.05) is 38.3 Å². The van der Waals surface area contributed by atoms with Crippen molar-refractivity contribution in [2.24, 2.45) is 5.73 Å². The Morgan fingerprint density at radius 2 is 1.71 bits per heavy atom. The Hall–Kier alpha value is -1.10. The molecule has 1 fully saturated rings. The second-order valence-electron chi connectivity index (χ2n) is 5.76. The number of benzene rings is 1. The molecule has 1 aliphatic rings. The van der Waals surface area contributed by atoms with Crippen molar-refractivity contribution < 1.29 is 4.74 Å². The highest BCUT2D eigenvalue weighted by molar-refractivity contribution is 5.30. The number of methoxy groups -OCH3 is 1. The number of nitrogens with zero attached hydrogens (tertiary/aromatic N) is 2. The van der Waals surface area contributed by atoms with E-state index in [0.717, 1.165) is 44.9 Å². The lowest BCUT2D eigenvalue weighted by atomic mass is 9.95. The van der Waals surface area contributed by atoms with E-state index in [1.807, 2.05) is 12.1 Å². The van der Waals surface area contributed by atoms with Crippen molar-refractivity contribution in [2.75, 3.05) is 39.8 Å². The lowest BCUT2D eigenvalue weighted by Crippen LogP contribution is -2.51. The van der Waals surface area contributed by atoms with Crippen molar-refractivity contribution in [3.05, 3.63) is 29.8 Å². The van der Waals surface area contributed by atoms with Gasteiger partial charge in [-0.3, -0.25) is 4.90 Å². The molecule has 4 heteroatoms. The molecule has 2 N–H and O–H groups in total. The molecule has 1 aromatic carbocycles. The van der Waals surface area contributed by atoms with E-state index in [9.17, 15) is 0 Å². The third kappa shape index (κ3) is 3.96. The summed E-state index contributed by atoms with van der Waals surface area (Å²) in [7, 11) is 1.70. The van der Waals surface area contributed by atoms with Crippen molar-refractivity contribution in [1.29, 1.82) is 0 Å². The minimum absolute atomic E-state index is 0.173. The SMILES string of the molecule is CCC(N)C(c1ccc(OC)cc1)N1CCN(CC)CC1. The van der Waals surface area contributed by atoms with Crippen molar-refractivity contribution in [3.63, 3.8) is 0 Å². The normalized spacial score (nSPS) is 20.2. The van der Waals surface area contributed by atoms with Crippen LogP contribution in [0.4, 0.5) is 0 Å². The molecular weight excluding hydrogens is 262 g/mol. The van der Waals surface area contributed by atoms with Gasteiger partial charge in [-0.15, -0.1) is 0 Å². The summed E-state index contributed by atoms with van der Waals surface area (Å²) in [4.78, 5) is 5.04. The average molecular weight is 291 g/mol. The Balaban J connectivity index is 2.14. The summed E-state index contributed by atoms with van der Waals surface area (Å²) in [5.74, 6) is 0.901. The summed E-state index contributed by atoms with van der Waals surface area (Å²) in [6, 6.07) is 8.86.